The molecule has 0 aliphatic carbocycles. The number of nitrogens with one attached hydrogen (secondary N) is 1. The van der Waals surface area contributed by atoms with Gasteiger partial charge in [-0.05, 0) is 31.2 Å². The smallest absolute Gasteiger partial charge is 0.338 e. The van der Waals surface area contributed by atoms with Crippen LogP contribution in [0, 0.1) is 0 Å². The lowest BCUT2D eigenvalue weighted by Gasteiger charge is -2.19. The first-order chi connectivity index (χ1) is 8.85. The summed E-state index contributed by atoms with van der Waals surface area (Å²) >= 11 is 1.34. The Morgan fingerprint density at radius 3 is 2.42 bits per heavy atom. The van der Waals surface area contributed by atoms with Crippen molar-refractivity contribution in [2.24, 2.45) is 0 Å². The number of carbonyl (C=O) groups is 2. The fourth-order valence-electron chi connectivity index (χ4n) is 1.34. The van der Waals surface area contributed by atoms with E-state index in [1.165, 1.54) is 32.7 Å². The molecule has 1 atom stereocenters. The van der Waals surface area contributed by atoms with Gasteiger partial charge in [-0.3, -0.25) is 4.79 Å². The van der Waals surface area contributed by atoms with Gasteiger partial charge in [0.15, 0.2) is 5.60 Å². The third kappa shape index (κ3) is 4.92. The standard InChI is InChI=1S/C13H17NO4S/c1-9(15)14-10-4-6-11(7-5-10)19-8-13(2,17)12(16)18-3/h4-7,17H,8H2,1-3H3,(H,14,15). The van der Waals surface area contributed by atoms with Gasteiger partial charge in [0.2, 0.25) is 5.91 Å². The van der Waals surface area contributed by atoms with E-state index < -0.39 is 11.6 Å². The summed E-state index contributed by atoms with van der Waals surface area (Å²) < 4.78 is 4.52. The number of rotatable bonds is 5. The van der Waals surface area contributed by atoms with Gasteiger partial charge in [-0.25, -0.2) is 4.79 Å². The molecule has 2 N–H and O–H groups in total. The maximum atomic E-state index is 11.3. The Bertz CT molecular complexity index is 456. The molecule has 6 heteroatoms. The lowest BCUT2D eigenvalue weighted by Crippen LogP contribution is -2.38. The van der Waals surface area contributed by atoms with E-state index in [1.54, 1.807) is 12.1 Å². The molecule has 1 rings (SSSR count). The highest BCUT2D eigenvalue weighted by Crippen LogP contribution is 2.24. The number of aliphatic hydroxyl groups is 1. The third-order valence-corrected chi connectivity index (χ3v) is 3.63. The summed E-state index contributed by atoms with van der Waals surface area (Å²) in [4.78, 5) is 23.0. The predicted molar refractivity (Wildman–Crippen MR) is 74.1 cm³/mol. The van der Waals surface area contributed by atoms with E-state index in [1.807, 2.05) is 12.1 Å². The lowest BCUT2D eigenvalue weighted by atomic mass is 10.1. The molecular weight excluding hydrogens is 266 g/mol. The van der Waals surface area contributed by atoms with Crippen LogP contribution in [0.25, 0.3) is 0 Å². The molecule has 0 radical (unpaired) electrons. The largest absolute Gasteiger partial charge is 0.467 e. The number of anilines is 1. The van der Waals surface area contributed by atoms with Gasteiger partial charge in [0.25, 0.3) is 0 Å². The molecule has 0 bridgehead atoms. The van der Waals surface area contributed by atoms with E-state index >= 15 is 0 Å². The van der Waals surface area contributed by atoms with Crippen molar-refractivity contribution in [3.63, 3.8) is 0 Å². The third-order valence-electron chi connectivity index (χ3n) is 2.32. The van der Waals surface area contributed by atoms with Crippen LogP contribution in [0.4, 0.5) is 5.69 Å². The Morgan fingerprint density at radius 1 is 1.37 bits per heavy atom. The molecule has 0 aromatic heterocycles. The minimum atomic E-state index is -1.52. The summed E-state index contributed by atoms with van der Waals surface area (Å²) in [5, 5.41) is 12.5. The molecule has 0 fully saturated rings. The topological polar surface area (TPSA) is 75.6 Å². The Kier molecular flexibility index (Phi) is 5.38. The number of carbonyl (C=O) groups excluding carboxylic acids is 2. The summed E-state index contributed by atoms with van der Waals surface area (Å²) in [6, 6.07) is 7.14. The molecule has 0 heterocycles. The van der Waals surface area contributed by atoms with Crippen LogP contribution >= 0.6 is 11.8 Å². The van der Waals surface area contributed by atoms with Crippen LogP contribution in [-0.4, -0.2) is 35.4 Å². The lowest BCUT2D eigenvalue weighted by molar-refractivity contribution is -0.158. The highest BCUT2D eigenvalue weighted by molar-refractivity contribution is 7.99. The molecule has 0 aliphatic heterocycles. The summed E-state index contributed by atoms with van der Waals surface area (Å²) in [7, 11) is 1.24. The van der Waals surface area contributed by atoms with Crippen molar-refractivity contribution in [2.45, 2.75) is 24.3 Å². The normalized spacial score (nSPS) is 13.5. The monoisotopic (exact) mass is 283 g/mol. The Hall–Kier alpha value is -1.53. The number of amides is 1. The zero-order valence-electron chi connectivity index (χ0n) is 11.1. The second-order valence-electron chi connectivity index (χ2n) is 4.26. The molecule has 0 aliphatic rings. The molecule has 0 spiro atoms. The zero-order chi connectivity index (χ0) is 14.5. The number of hydrogen-bond donors (Lipinski definition) is 2. The summed E-state index contributed by atoms with van der Waals surface area (Å²) in [5.74, 6) is -0.594. The number of benzene rings is 1. The second kappa shape index (κ2) is 6.58. The number of esters is 1. The van der Waals surface area contributed by atoms with Gasteiger partial charge in [-0.1, -0.05) is 0 Å². The van der Waals surface area contributed by atoms with Crippen LogP contribution in [0.5, 0.6) is 0 Å². The Morgan fingerprint density at radius 2 is 1.95 bits per heavy atom. The number of methoxy groups -OCH3 is 1. The van der Waals surface area contributed by atoms with Crippen LogP contribution in [0.2, 0.25) is 0 Å². The molecule has 104 valence electrons. The fraction of sp³-hybridized carbons (Fsp3) is 0.385. The van der Waals surface area contributed by atoms with Gasteiger partial charge < -0.3 is 15.2 Å². The summed E-state index contributed by atoms with van der Waals surface area (Å²) in [6.45, 7) is 2.85. The van der Waals surface area contributed by atoms with E-state index in [0.717, 1.165) is 4.90 Å². The average molecular weight is 283 g/mol. The van der Waals surface area contributed by atoms with E-state index in [9.17, 15) is 14.7 Å². The van der Waals surface area contributed by atoms with Crippen molar-refractivity contribution >= 4 is 29.3 Å². The van der Waals surface area contributed by atoms with E-state index in [2.05, 4.69) is 10.1 Å². The summed E-state index contributed by atoms with van der Waals surface area (Å²) in [5.41, 5.74) is -0.813. The van der Waals surface area contributed by atoms with E-state index in [4.69, 9.17) is 0 Å². The van der Waals surface area contributed by atoms with Crippen LogP contribution in [0.15, 0.2) is 29.2 Å². The van der Waals surface area contributed by atoms with Gasteiger partial charge >= 0.3 is 5.97 Å². The number of hydrogen-bond acceptors (Lipinski definition) is 5. The van der Waals surface area contributed by atoms with Crippen LogP contribution in [0.3, 0.4) is 0 Å². The highest BCUT2D eigenvalue weighted by atomic mass is 32.2. The highest BCUT2D eigenvalue weighted by Gasteiger charge is 2.31. The molecule has 5 nitrogen and oxygen atoms in total. The fourth-order valence-corrected chi connectivity index (χ4v) is 2.23. The molecule has 0 saturated carbocycles. The first-order valence-corrected chi connectivity index (χ1v) is 6.65. The number of thioether (sulfide) groups is 1. The summed E-state index contributed by atoms with van der Waals surface area (Å²) in [6.07, 6.45) is 0. The van der Waals surface area contributed by atoms with Gasteiger partial charge in [0.05, 0.1) is 7.11 Å². The SMILES string of the molecule is COC(=O)C(C)(O)CSc1ccc(NC(C)=O)cc1. The Balaban J connectivity index is 2.59. The van der Waals surface area contributed by atoms with E-state index in [-0.39, 0.29) is 11.7 Å². The Labute approximate surface area is 116 Å². The van der Waals surface area contributed by atoms with Gasteiger partial charge in [-0.2, -0.15) is 0 Å². The maximum Gasteiger partial charge on any atom is 0.338 e. The molecule has 1 aromatic rings. The molecule has 1 amide bonds. The van der Waals surface area contributed by atoms with E-state index in [0.29, 0.717) is 5.69 Å². The minimum absolute atomic E-state index is 0.131. The molecule has 1 aromatic carbocycles. The van der Waals surface area contributed by atoms with Crippen molar-refractivity contribution in [1.82, 2.24) is 0 Å². The van der Waals surface area contributed by atoms with Crippen LogP contribution < -0.4 is 5.32 Å². The molecular formula is C13H17NO4S. The first-order valence-electron chi connectivity index (χ1n) is 5.66. The molecule has 19 heavy (non-hydrogen) atoms. The number of ether oxygens (including phenoxy) is 1. The first kappa shape index (κ1) is 15.5. The van der Waals surface area contributed by atoms with Crippen LogP contribution in [0.1, 0.15) is 13.8 Å². The van der Waals surface area contributed by atoms with Crippen molar-refractivity contribution in [2.75, 3.05) is 18.2 Å². The van der Waals surface area contributed by atoms with Gasteiger partial charge in [0, 0.05) is 23.3 Å². The average Bonchev–Trinajstić information content (AvgIpc) is 2.36. The second-order valence-corrected chi connectivity index (χ2v) is 5.31. The van der Waals surface area contributed by atoms with Gasteiger partial charge in [-0.15, -0.1) is 11.8 Å². The van der Waals surface area contributed by atoms with Crippen molar-refractivity contribution in [3.05, 3.63) is 24.3 Å². The van der Waals surface area contributed by atoms with Gasteiger partial charge in [0.1, 0.15) is 0 Å². The minimum Gasteiger partial charge on any atom is -0.467 e. The quantitative estimate of drug-likeness (QED) is 0.635. The molecule has 1 unspecified atom stereocenters. The predicted octanol–water partition coefficient (Wildman–Crippen LogP) is 1.66. The zero-order valence-corrected chi connectivity index (χ0v) is 11.9. The maximum absolute atomic E-state index is 11.3. The molecule has 0 saturated heterocycles. The van der Waals surface area contributed by atoms with Crippen molar-refractivity contribution in [1.29, 1.82) is 0 Å². The van der Waals surface area contributed by atoms with Crippen LogP contribution in [-0.2, 0) is 14.3 Å². The van der Waals surface area contributed by atoms with Crippen molar-refractivity contribution < 1.29 is 19.4 Å². The van der Waals surface area contributed by atoms with Crippen molar-refractivity contribution in [3.8, 4) is 0 Å².